The highest BCUT2D eigenvalue weighted by atomic mass is 32.2. The van der Waals surface area contributed by atoms with E-state index < -0.39 is 34.9 Å². The van der Waals surface area contributed by atoms with Crippen LogP contribution in [-0.4, -0.2) is 54.9 Å². The van der Waals surface area contributed by atoms with Crippen molar-refractivity contribution in [3.05, 3.63) is 0 Å². The van der Waals surface area contributed by atoms with E-state index in [1.54, 1.807) is 26.8 Å². The summed E-state index contributed by atoms with van der Waals surface area (Å²) < 4.78 is 14.1. The largest absolute Gasteiger partial charge is 0.467 e. The molecule has 0 fully saturated rings. The van der Waals surface area contributed by atoms with Gasteiger partial charge in [0.15, 0.2) is 5.25 Å². The lowest BCUT2D eigenvalue weighted by atomic mass is 10.2. The summed E-state index contributed by atoms with van der Waals surface area (Å²) in [5.41, 5.74) is -0.723. The molecule has 124 valence electrons. The summed E-state index contributed by atoms with van der Waals surface area (Å²) in [5.74, 6) is -1.48. The molecule has 1 amide bonds. The lowest BCUT2D eigenvalue weighted by Crippen LogP contribution is -2.45. The molecule has 0 aliphatic carbocycles. The van der Waals surface area contributed by atoms with Gasteiger partial charge in [-0.25, -0.2) is 14.4 Å². The zero-order chi connectivity index (χ0) is 17.3. The lowest BCUT2D eigenvalue weighted by Gasteiger charge is -2.22. The van der Waals surface area contributed by atoms with Gasteiger partial charge in [-0.2, -0.15) is 5.26 Å². The van der Waals surface area contributed by atoms with Crippen molar-refractivity contribution >= 4 is 29.8 Å². The van der Waals surface area contributed by atoms with Gasteiger partial charge in [0.25, 0.3) is 0 Å². The number of thioether (sulfide) groups is 1. The number of ether oxygens (including phenoxy) is 3. The molecule has 8 nitrogen and oxygen atoms in total. The zero-order valence-corrected chi connectivity index (χ0v) is 14.0. The fourth-order valence-corrected chi connectivity index (χ4v) is 2.13. The Hall–Kier alpha value is -1.95. The fraction of sp³-hybridized carbons (Fsp3) is 0.692. The van der Waals surface area contributed by atoms with E-state index in [0.29, 0.717) is 0 Å². The molecule has 0 saturated heterocycles. The summed E-state index contributed by atoms with van der Waals surface area (Å²) in [6.07, 6.45) is -0.796. The third-order valence-electron chi connectivity index (χ3n) is 2.14. The predicted octanol–water partition coefficient (Wildman–Crippen LogP) is 0.851. The summed E-state index contributed by atoms with van der Waals surface area (Å²) in [5, 5.41) is 10.1. The van der Waals surface area contributed by atoms with E-state index in [1.165, 1.54) is 7.11 Å². The van der Waals surface area contributed by atoms with Crippen LogP contribution in [0.5, 0.6) is 0 Å². The summed E-state index contributed by atoms with van der Waals surface area (Å²) in [6.45, 7) is 5.03. The number of carbonyl (C=O) groups excluding carboxylic acids is 3. The van der Waals surface area contributed by atoms with Crippen molar-refractivity contribution in [3.63, 3.8) is 0 Å². The number of hydrogen-bond donors (Lipinski definition) is 1. The number of methoxy groups -OCH3 is 2. The van der Waals surface area contributed by atoms with Gasteiger partial charge < -0.3 is 19.5 Å². The molecule has 0 heterocycles. The molecule has 0 aromatic heterocycles. The van der Waals surface area contributed by atoms with Crippen LogP contribution in [-0.2, 0) is 23.8 Å². The van der Waals surface area contributed by atoms with E-state index >= 15 is 0 Å². The van der Waals surface area contributed by atoms with Crippen LogP contribution >= 0.6 is 11.8 Å². The molecular formula is C13H20N2O6S. The van der Waals surface area contributed by atoms with Crippen LogP contribution in [0.15, 0.2) is 0 Å². The molecule has 2 unspecified atom stereocenters. The molecule has 22 heavy (non-hydrogen) atoms. The number of amides is 1. The molecule has 0 saturated carbocycles. The zero-order valence-electron chi connectivity index (χ0n) is 13.2. The maximum absolute atomic E-state index is 11.7. The first-order chi connectivity index (χ1) is 10.1. The van der Waals surface area contributed by atoms with E-state index in [9.17, 15) is 14.4 Å². The molecule has 0 rings (SSSR count). The Morgan fingerprint density at radius 2 is 1.73 bits per heavy atom. The van der Waals surface area contributed by atoms with Crippen molar-refractivity contribution in [1.29, 1.82) is 5.26 Å². The lowest BCUT2D eigenvalue weighted by molar-refractivity contribution is -0.142. The second-order valence-electron chi connectivity index (χ2n) is 5.09. The van der Waals surface area contributed by atoms with Gasteiger partial charge in [0, 0.05) is 5.75 Å². The van der Waals surface area contributed by atoms with Crippen molar-refractivity contribution in [2.24, 2.45) is 0 Å². The van der Waals surface area contributed by atoms with Crippen molar-refractivity contribution in [2.45, 2.75) is 37.7 Å². The third-order valence-corrected chi connectivity index (χ3v) is 3.30. The summed E-state index contributed by atoms with van der Waals surface area (Å²) in [6, 6.07) is 0.698. The molecule has 0 aliphatic rings. The van der Waals surface area contributed by atoms with E-state index in [1.807, 2.05) is 0 Å². The minimum absolute atomic E-state index is 0.0424. The smallest absolute Gasteiger partial charge is 0.408 e. The van der Waals surface area contributed by atoms with Gasteiger partial charge >= 0.3 is 18.0 Å². The highest BCUT2D eigenvalue weighted by Gasteiger charge is 2.28. The Labute approximate surface area is 133 Å². The first-order valence-corrected chi connectivity index (χ1v) is 7.36. The number of carbonyl (C=O) groups is 3. The number of alkyl carbamates (subject to hydrolysis) is 1. The summed E-state index contributed by atoms with van der Waals surface area (Å²) >= 11 is 0.859. The van der Waals surface area contributed by atoms with Crippen LogP contribution < -0.4 is 5.32 Å². The number of nitrogens with one attached hydrogen (secondary N) is 1. The van der Waals surface area contributed by atoms with Gasteiger partial charge in [-0.15, -0.1) is 11.8 Å². The Bertz CT molecular complexity index is 454. The van der Waals surface area contributed by atoms with Crippen LogP contribution in [0.2, 0.25) is 0 Å². The molecule has 0 spiro atoms. The number of hydrogen-bond acceptors (Lipinski definition) is 8. The van der Waals surface area contributed by atoms with Gasteiger partial charge in [-0.1, -0.05) is 0 Å². The van der Waals surface area contributed by atoms with Crippen molar-refractivity contribution in [1.82, 2.24) is 5.32 Å². The molecule has 0 aromatic carbocycles. The second-order valence-corrected chi connectivity index (χ2v) is 6.23. The minimum atomic E-state index is -1.10. The van der Waals surface area contributed by atoms with Crippen LogP contribution in [0.1, 0.15) is 20.8 Å². The molecule has 1 N–H and O–H groups in total. The van der Waals surface area contributed by atoms with E-state index in [0.717, 1.165) is 18.9 Å². The van der Waals surface area contributed by atoms with Crippen molar-refractivity contribution in [2.75, 3.05) is 20.0 Å². The van der Waals surface area contributed by atoms with Crippen LogP contribution in [0, 0.1) is 11.3 Å². The van der Waals surface area contributed by atoms with Gasteiger partial charge in [0.05, 0.1) is 20.3 Å². The Balaban J connectivity index is 4.73. The average molecular weight is 332 g/mol. The number of nitrogens with zero attached hydrogens (tertiary/aromatic N) is 1. The van der Waals surface area contributed by atoms with Crippen LogP contribution in [0.3, 0.4) is 0 Å². The topological polar surface area (TPSA) is 115 Å². The van der Waals surface area contributed by atoms with E-state index in [-0.39, 0.29) is 5.75 Å². The monoisotopic (exact) mass is 332 g/mol. The SMILES string of the molecule is COC(=O)C(CSC(C#N)C(=O)OC)NC(=O)OC(C)(C)C. The van der Waals surface area contributed by atoms with E-state index in [2.05, 4.69) is 14.8 Å². The Morgan fingerprint density at radius 1 is 1.18 bits per heavy atom. The minimum Gasteiger partial charge on any atom is -0.467 e. The van der Waals surface area contributed by atoms with Crippen LogP contribution in [0.4, 0.5) is 4.79 Å². The first-order valence-electron chi connectivity index (χ1n) is 6.31. The standard InChI is InChI=1S/C13H20N2O6S/c1-13(2,3)21-12(18)15-8(10(16)19-4)7-22-9(6-14)11(17)20-5/h8-9H,7H2,1-5H3,(H,15,18). The maximum Gasteiger partial charge on any atom is 0.408 e. The normalized spacial score (nSPS) is 13.3. The average Bonchev–Trinajstić information content (AvgIpc) is 2.43. The quantitative estimate of drug-likeness (QED) is 0.562. The van der Waals surface area contributed by atoms with Gasteiger partial charge in [-0.3, -0.25) is 0 Å². The van der Waals surface area contributed by atoms with Gasteiger partial charge in [0.1, 0.15) is 11.6 Å². The Kier molecular flexibility index (Phi) is 8.34. The fourth-order valence-electron chi connectivity index (χ4n) is 1.22. The highest BCUT2D eigenvalue weighted by molar-refractivity contribution is 8.00. The van der Waals surface area contributed by atoms with Crippen LogP contribution in [0.25, 0.3) is 0 Å². The highest BCUT2D eigenvalue weighted by Crippen LogP contribution is 2.14. The molecule has 2 atom stereocenters. The van der Waals surface area contributed by atoms with Gasteiger partial charge in [0.2, 0.25) is 0 Å². The van der Waals surface area contributed by atoms with Crippen molar-refractivity contribution in [3.8, 4) is 6.07 Å². The molecule has 0 radical (unpaired) electrons. The number of rotatable bonds is 6. The molecular weight excluding hydrogens is 312 g/mol. The third kappa shape index (κ3) is 7.73. The Morgan fingerprint density at radius 3 is 2.14 bits per heavy atom. The second kappa shape index (κ2) is 9.15. The molecule has 0 aromatic rings. The number of esters is 2. The molecule has 0 bridgehead atoms. The summed E-state index contributed by atoms with van der Waals surface area (Å²) in [4.78, 5) is 34.6. The van der Waals surface area contributed by atoms with Crippen molar-refractivity contribution < 1.29 is 28.6 Å². The molecule has 9 heteroatoms. The van der Waals surface area contributed by atoms with E-state index in [4.69, 9.17) is 10.00 Å². The summed E-state index contributed by atoms with van der Waals surface area (Å²) in [7, 11) is 2.32. The van der Waals surface area contributed by atoms with Gasteiger partial charge in [-0.05, 0) is 20.8 Å². The first kappa shape index (κ1) is 20.1. The molecule has 0 aliphatic heterocycles. The number of nitriles is 1. The maximum atomic E-state index is 11.7. The predicted molar refractivity (Wildman–Crippen MR) is 79.0 cm³/mol.